The summed E-state index contributed by atoms with van der Waals surface area (Å²) in [5.41, 5.74) is 2.66. The average Bonchev–Trinajstić information content (AvgIpc) is 2.82. The highest BCUT2D eigenvalue weighted by atomic mass is 35.5. The van der Waals surface area contributed by atoms with Crippen LogP contribution < -0.4 is 0 Å². The van der Waals surface area contributed by atoms with Gasteiger partial charge in [0.25, 0.3) is 0 Å². The van der Waals surface area contributed by atoms with Gasteiger partial charge in [0, 0.05) is 16.1 Å². The van der Waals surface area contributed by atoms with Crippen molar-refractivity contribution in [3.05, 3.63) is 71.0 Å². The molecule has 0 saturated heterocycles. The molecule has 1 nitrogen and oxygen atoms in total. The van der Waals surface area contributed by atoms with Gasteiger partial charge in [0.1, 0.15) is 17.3 Å². The van der Waals surface area contributed by atoms with Crippen molar-refractivity contribution in [3.8, 4) is 22.6 Å². The fourth-order valence-corrected chi connectivity index (χ4v) is 2.28. The van der Waals surface area contributed by atoms with Gasteiger partial charge >= 0.3 is 0 Å². The molecule has 2 aromatic carbocycles. The number of hydrogen-bond donors (Lipinski definition) is 0. The lowest BCUT2D eigenvalue weighted by Gasteiger charge is -2.00. The molecule has 1 heterocycles. The van der Waals surface area contributed by atoms with Crippen LogP contribution in [0.4, 0.5) is 4.39 Å². The van der Waals surface area contributed by atoms with Gasteiger partial charge in [-0.2, -0.15) is 0 Å². The van der Waals surface area contributed by atoms with E-state index in [9.17, 15) is 4.39 Å². The van der Waals surface area contributed by atoms with E-state index in [1.54, 1.807) is 6.07 Å². The molecule has 0 bridgehead atoms. The summed E-state index contributed by atoms with van der Waals surface area (Å²) in [6.07, 6.45) is 0. The highest BCUT2D eigenvalue weighted by Crippen LogP contribution is 2.32. The minimum absolute atomic E-state index is 0.272. The first-order chi connectivity index (χ1) is 9.63. The predicted octanol–water partition coefficient (Wildman–Crippen LogP) is 5.71. The summed E-state index contributed by atoms with van der Waals surface area (Å²) in [5.74, 6) is 1.17. The summed E-state index contributed by atoms with van der Waals surface area (Å²) >= 11 is 5.88. The molecular formula is C17H12ClFO. The lowest BCUT2D eigenvalue weighted by molar-refractivity contribution is 0.592. The second-order valence-corrected chi connectivity index (χ2v) is 5.08. The van der Waals surface area contributed by atoms with Crippen LogP contribution in [0, 0.1) is 12.7 Å². The Bertz CT molecular complexity index is 744. The Morgan fingerprint density at radius 1 is 0.950 bits per heavy atom. The molecule has 0 radical (unpaired) electrons. The molecule has 3 aromatic rings. The quantitative estimate of drug-likeness (QED) is 0.587. The maximum atomic E-state index is 13.3. The molecule has 3 rings (SSSR count). The van der Waals surface area contributed by atoms with Gasteiger partial charge in [0.05, 0.1) is 0 Å². The minimum Gasteiger partial charge on any atom is -0.456 e. The molecule has 0 aliphatic carbocycles. The highest BCUT2D eigenvalue weighted by Gasteiger charge is 2.11. The van der Waals surface area contributed by atoms with Crippen molar-refractivity contribution in [1.82, 2.24) is 0 Å². The first kappa shape index (κ1) is 12.9. The van der Waals surface area contributed by atoms with E-state index >= 15 is 0 Å². The standard InChI is InChI=1S/C17H12ClFO/c1-11-9-16(12-5-7-14(18)8-6-12)20-17(11)13-3-2-4-15(19)10-13/h2-10H,1H3. The van der Waals surface area contributed by atoms with E-state index < -0.39 is 0 Å². The molecule has 0 amide bonds. The molecule has 20 heavy (non-hydrogen) atoms. The first-order valence-corrected chi connectivity index (χ1v) is 6.63. The van der Waals surface area contributed by atoms with Gasteiger partial charge in [0.2, 0.25) is 0 Å². The summed E-state index contributed by atoms with van der Waals surface area (Å²) in [4.78, 5) is 0. The van der Waals surface area contributed by atoms with E-state index in [1.807, 2.05) is 43.3 Å². The molecule has 0 saturated carbocycles. The summed E-state index contributed by atoms with van der Waals surface area (Å²) < 4.78 is 19.2. The zero-order chi connectivity index (χ0) is 14.1. The summed E-state index contributed by atoms with van der Waals surface area (Å²) in [6, 6.07) is 15.8. The third kappa shape index (κ3) is 2.47. The lowest BCUT2D eigenvalue weighted by atomic mass is 10.1. The third-order valence-corrected chi connectivity index (χ3v) is 3.39. The van der Waals surface area contributed by atoms with Crippen LogP contribution in [-0.4, -0.2) is 0 Å². The molecule has 100 valence electrons. The maximum Gasteiger partial charge on any atom is 0.137 e. The van der Waals surface area contributed by atoms with Gasteiger partial charge in [-0.25, -0.2) is 4.39 Å². The number of rotatable bonds is 2. The van der Waals surface area contributed by atoms with Crippen LogP contribution in [0.1, 0.15) is 5.56 Å². The Balaban J connectivity index is 2.05. The molecule has 0 aliphatic heterocycles. The van der Waals surface area contributed by atoms with E-state index in [1.165, 1.54) is 12.1 Å². The molecule has 0 aliphatic rings. The van der Waals surface area contributed by atoms with Crippen molar-refractivity contribution in [2.24, 2.45) is 0 Å². The zero-order valence-corrected chi connectivity index (χ0v) is 11.6. The number of halogens is 2. The Labute approximate surface area is 121 Å². The van der Waals surface area contributed by atoms with Gasteiger partial charge < -0.3 is 4.42 Å². The van der Waals surface area contributed by atoms with Crippen molar-refractivity contribution >= 4 is 11.6 Å². The van der Waals surface area contributed by atoms with Crippen molar-refractivity contribution < 1.29 is 8.81 Å². The van der Waals surface area contributed by atoms with Gasteiger partial charge in [-0.3, -0.25) is 0 Å². The Kier molecular flexibility index (Phi) is 3.33. The third-order valence-electron chi connectivity index (χ3n) is 3.13. The first-order valence-electron chi connectivity index (χ1n) is 6.26. The Morgan fingerprint density at radius 3 is 2.40 bits per heavy atom. The highest BCUT2D eigenvalue weighted by molar-refractivity contribution is 6.30. The summed E-state index contributed by atoms with van der Waals surface area (Å²) in [6.45, 7) is 1.95. The number of benzene rings is 2. The number of hydrogen-bond acceptors (Lipinski definition) is 1. The monoisotopic (exact) mass is 286 g/mol. The smallest absolute Gasteiger partial charge is 0.137 e. The van der Waals surface area contributed by atoms with Gasteiger partial charge in [-0.05, 0) is 55.0 Å². The largest absolute Gasteiger partial charge is 0.456 e. The van der Waals surface area contributed by atoms with Crippen LogP contribution in [0.15, 0.2) is 59.0 Å². The van der Waals surface area contributed by atoms with E-state index in [-0.39, 0.29) is 5.82 Å². The van der Waals surface area contributed by atoms with Gasteiger partial charge in [-0.1, -0.05) is 23.7 Å². The molecule has 0 N–H and O–H groups in total. The van der Waals surface area contributed by atoms with E-state index in [2.05, 4.69) is 0 Å². The molecule has 1 aromatic heterocycles. The van der Waals surface area contributed by atoms with Crippen LogP contribution >= 0.6 is 11.6 Å². The van der Waals surface area contributed by atoms with Crippen molar-refractivity contribution in [1.29, 1.82) is 0 Å². The summed E-state index contributed by atoms with van der Waals surface area (Å²) in [7, 11) is 0. The van der Waals surface area contributed by atoms with Crippen molar-refractivity contribution in [2.45, 2.75) is 6.92 Å². The van der Waals surface area contributed by atoms with Gasteiger partial charge in [0.15, 0.2) is 0 Å². The molecular weight excluding hydrogens is 275 g/mol. The van der Waals surface area contributed by atoms with Crippen LogP contribution in [0.25, 0.3) is 22.6 Å². The molecule has 0 atom stereocenters. The fourth-order valence-electron chi connectivity index (χ4n) is 2.15. The SMILES string of the molecule is Cc1cc(-c2ccc(Cl)cc2)oc1-c1cccc(F)c1. The second-order valence-electron chi connectivity index (χ2n) is 4.64. The Morgan fingerprint density at radius 2 is 1.70 bits per heavy atom. The zero-order valence-electron chi connectivity index (χ0n) is 10.9. The minimum atomic E-state index is -0.272. The molecule has 3 heteroatoms. The van der Waals surface area contributed by atoms with Crippen LogP contribution in [0.3, 0.4) is 0 Å². The summed E-state index contributed by atoms with van der Waals surface area (Å²) in [5, 5.41) is 0.683. The predicted molar refractivity (Wildman–Crippen MR) is 79.3 cm³/mol. The number of furan rings is 1. The van der Waals surface area contributed by atoms with Crippen LogP contribution in [0.5, 0.6) is 0 Å². The topological polar surface area (TPSA) is 13.1 Å². The Hall–Kier alpha value is -2.06. The van der Waals surface area contributed by atoms with Crippen molar-refractivity contribution in [3.63, 3.8) is 0 Å². The normalized spacial score (nSPS) is 10.8. The molecule has 0 spiro atoms. The van der Waals surface area contributed by atoms with E-state index in [0.29, 0.717) is 10.8 Å². The van der Waals surface area contributed by atoms with Crippen LogP contribution in [0.2, 0.25) is 5.02 Å². The molecule has 0 fully saturated rings. The number of aryl methyl sites for hydroxylation is 1. The molecule has 0 unspecified atom stereocenters. The van der Waals surface area contributed by atoms with Gasteiger partial charge in [-0.15, -0.1) is 0 Å². The van der Waals surface area contributed by atoms with Crippen molar-refractivity contribution in [2.75, 3.05) is 0 Å². The van der Waals surface area contributed by atoms with E-state index in [0.717, 1.165) is 22.5 Å². The lowest BCUT2D eigenvalue weighted by Crippen LogP contribution is -1.79. The second kappa shape index (κ2) is 5.14. The fraction of sp³-hybridized carbons (Fsp3) is 0.0588. The average molecular weight is 287 g/mol. The van der Waals surface area contributed by atoms with E-state index in [4.69, 9.17) is 16.0 Å². The maximum absolute atomic E-state index is 13.3. The van der Waals surface area contributed by atoms with Crippen LogP contribution in [-0.2, 0) is 0 Å².